The Bertz CT molecular complexity index is 435. The van der Waals surface area contributed by atoms with Gasteiger partial charge in [-0.1, -0.05) is 18.2 Å². The van der Waals surface area contributed by atoms with Crippen LogP contribution in [0.25, 0.3) is 10.9 Å². The van der Waals surface area contributed by atoms with E-state index in [-0.39, 0.29) is 0 Å². The normalized spacial score (nSPS) is 8.50. The van der Waals surface area contributed by atoms with Crippen molar-refractivity contribution in [1.29, 1.82) is 0 Å². The number of para-hydroxylation sites is 1. The summed E-state index contributed by atoms with van der Waals surface area (Å²) in [6.07, 6.45) is 6.27. The van der Waals surface area contributed by atoms with E-state index in [1.807, 2.05) is 18.3 Å². The minimum absolute atomic E-state index is 1.21. The first kappa shape index (κ1) is 9.87. The fourth-order valence-corrected chi connectivity index (χ4v) is 0.995. The van der Waals surface area contributed by atoms with Gasteiger partial charge in [0.2, 0.25) is 0 Å². The molecule has 1 aromatic heterocycles. The van der Waals surface area contributed by atoms with Crippen molar-refractivity contribution in [2.24, 2.45) is 0 Å². The van der Waals surface area contributed by atoms with Crippen LogP contribution in [0.1, 0.15) is 0 Å². The minimum atomic E-state index is -1.22. The Labute approximate surface area is 81.4 Å². The largest absolute Gasteiger partial charge is 0.472 e. The van der Waals surface area contributed by atoms with Crippen LogP contribution in [0.4, 0.5) is 0 Å². The van der Waals surface area contributed by atoms with E-state index in [0.29, 0.717) is 0 Å². The predicted molar refractivity (Wildman–Crippen MR) is 54.8 cm³/mol. The summed E-state index contributed by atoms with van der Waals surface area (Å²) in [7, 11) is 0. The Morgan fingerprint density at radius 2 is 2.00 bits per heavy atom. The number of rotatable bonds is 0. The van der Waals surface area contributed by atoms with Gasteiger partial charge in [0.05, 0.1) is 0 Å². The van der Waals surface area contributed by atoms with Crippen molar-refractivity contribution in [3.05, 3.63) is 36.5 Å². The molecule has 0 unspecified atom stereocenters. The highest BCUT2D eigenvalue weighted by Gasteiger charge is 1.86. The molecule has 0 saturated heterocycles. The zero-order valence-electron chi connectivity index (χ0n) is 7.40. The zero-order chi connectivity index (χ0) is 10.4. The van der Waals surface area contributed by atoms with Crippen molar-refractivity contribution >= 4 is 16.9 Å². The molecule has 1 aromatic carbocycles. The second kappa shape index (κ2) is 4.73. The fraction of sp³-hybridized carbons (Fsp3) is 0. The Kier molecular flexibility index (Phi) is 3.33. The van der Waals surface area contributed by atoms with Gasteiger partial charge < -0.3 is 10.1 Å². The maximum atomic E-state index is 9.13. The van der Waals surface area contributed by atoms with Gasteiger partial charge in [-0.3, -0.25) is 0 Å². The van der Waals surface area contributed by atoms with Gasteiger partial charge in [0.25, 0.3) is 0 Å². The molecule has 0 saturated carbocycles. The third-order valence-electron chi connectivity index (χ3n) is 1.59. The van der Waals surface area contributed by atoms with E-state index in [1.54, 1.807) is 0 Å². The van der Waals surface area contributed by atoms with E-state index >= 15 is 0 Å². The molecule has 70 valence electrons. The van der Waals surface area contributed by atoms with Crippen molar-refractivity contribution in [2.45, 2.75) is 0 Å². The summed E-state index contributed by atoms with van der Waals surface area (Å²) >= 11 is 0. The Morgan fingerprint density at radius 1 is 1.36 bits per heavy atom. The number of benzene rings is 1. The van der Waals surface area contributed by atoms with Crippen molar-refractivity contribution in [3.8, 4) is 12.3 Å². The molecule has 0 radical (unpaired) electrons. The zero-order valence-corrected chi connectivity index (χ0v) is 7.40. The number of fused-ring (bicyclic) bond motifs is 1. The molecular formula is C11H9NO2. The maximum Gasteiger partial charge on any atom is 0.381 e. The monoisotopic (exact) mass is 187 g/mol. The standard InChI is InChI=1S/C8H7N.C3H2O2/c1-2-4-8-7(3-1)5-6-9-8;1-2-3(4)5/h1-6,9H;1H,(H,4,5). The summed E-state index contributed by atoms with van der Waals surface area (Å²) in [6, 6.07) is 10.3. The molecule has 2 aromatic rings. The minimum Gasteiger partial charge on any atom is -0.472 e. The van der Waals surface area contributed by atoms with Gasteiger partial charge in [0.1, 0.15) is 0 Å². The first-order valence-electron chi connectivity index (χ1n) is 3.95. The van der Waals surface area contributed by atoms with Crippen LogP contribution in [-0.2, 0) is 4.79 Å². The lowest BCUT2D eigenvalue weighted by molar-refractivity contribution is -0.130. The topological polar surface area (TPSA) is 53.1 Å². The van der Waals surface area contributed by atoms with Crippen molar-refractivity contribution < 1.29 is 9.90 Å². The molecule has 0 aliphatic carbocycles. The molecule has 0 bridgehead atoms. The van der Waals surface area contributed by atoms with Crippen molar-refractivity contribution in [1.82, 2.24) is 4.98 Å². The summed E-state index contributed by atoms with van der Waals surface area (Å²) in [5.41, 5.74) is 1.21. The summed E-state index contributed by atoms with van der Waals surface area (Å²) in [4.78, 5) is 12.3. The van der Waals surface area contributed by atoms with Crippen LogP contribution >= 0.6 is 0 Å². The molecule has 0 aliphatic heterocycles. The number of hydrogen-bond acceptors (Lipinski definition) is 1. The fourth-order valence-electron chi connectivity index (χ4n) is 0.995. The van der Waals surface area contributed by atoms with Gasteiger partial charge in [-0.25, -0.2) is 4.79 Å². The summed E-state index contributed by atoms with van der Waals surface area (Å²) in [5.74, 6) is 0.227. The Hall–Kier alpha value is -2.21. The third kappa shape index (κ3) is 2.68. The van der Waals surface area contributed by atoms with E-state index in [0.717, 1.165) is 0 Å². The first-order chi connectivity index (χ1) is 6.74. The highest BCUT2D eigenvalue weighted by Crippen LogP contribution is 2.09. The van der Waals surface area contributed by atoms with Crippen LogP contribution < -0.4 is 0 Å². The quantitative estimate of drug-likeness (QED) is 0.618. The Morgan fingerprint density at radius 3 is 2.57 bits per heavy atom. The van der Waals surface area contributed by atoms with Gasteiger partial charge in [-0.05, 0) is 17.5 Å². The summed E-state index contributed by atoms with van der Waals surface area (Å²) < 4.78 is 0. The highest BCUT2D eigenvalue weighted by molar-refractivity contribution is 5.85. The van der Waals surface area contributed by atoms with E-state index in [4.69, 9.17) is 9.90 Å². The highest BCUT2D eigenvalue weighted by atomic mass is 16.4. The van der Waals surface area contributed by atoms with Crippen LogP contribution in [-0.4, -0.2) is 16.1 Å². The number of aliphatic carboxylic acids is 1. The van der Waals surface area contributed by atoms with Crippen LogP contribution in [0.5, 0.6) is 0 Å². The first-order valence-corrected chi connectivity index (χ1v) is 3.95. The lowest BCUT2D eigenvalue weighted by Gasteiger charge is -1.83. The number of H-pyrrole nitrogens is 1. The number of carboxylic acids is 1. The average molecular weight is 187 g/mol. The molecular weight excluding hydrogens is 178 g/mol. The molecule has 3 heteroatoms. The molecule has 0 atom stereocenters. The van der Waals surface area contributed by atoms with E-state index in [2.05, 4.69) is 29.6 Å². The molecule has 0 aliphatic rings. The smallest absolute Gasteiger partial charge is 0.381 e. The summed E-state index contributed by atoms with van der Waals surface area (Å²) in [6.45, 7) is 0. The van der Waals surface area contributed by atoms with E-state index < -0.39 is 5.97 Å². The van der Waals surface area contributed by atoms with Crippen LogP contribution in [0.3, 0.4) is 0 Å². The number of nitrogens with one attached hydrogen (secondary N) is 1. The third-order valence-corrected chi connectivity index (χ3v) is 1.59. The molecule has 0 amide bonds. The molecule has 2 rings (SSSR count). The average Bonchev–Trinajstić information content (AvgIpc) is 2.66. The predicted octanol–water partition coefficient (Wildman–Crippen LogP) is 1.87. The van der Waals surface area contributed by atoms with Crippen LogP contribution in [0.15, 0.2) is 36.5 Å². The van der Waals surface area contributed by atoms with Crippen molar-refractivity contribution in [2.75, 3.05) is 0 Å². The van der Waals surface area contributed by atoms with Crippen LogP contribution in [0, 0.1) is 12.3 Å². The molecule has 2 N–H and O–H groups in total. The van der Waals surface area contributed by atoms with Gasteiger partial charge in [0, 0.05) is 17.6 Å². The maximum absolute atomic E-state index is 9.13. The molecule has 3 nitrogen and oxygen atoms in total. The molecule has 14 heavy (non-hydrogen) atoms. The number of terminal acetylenes is 1. The van der Waals surface area contributed by atoms with Crippen molar-refractivity contribution in [3.63, 3.8) is 0 Å². The number of aromatic nitrogens is 1. The Balaban J connectivity index is 0.000000171. The van der Waals surface area contributed by atoms with E-state index in [9.17, 15) is 0 Å². The number of aromatic amines is 1. The van der Waals surface area contributed by atoms with Gasteiger partial charge in [-0.15, -0.1) is 6.42 Å². The van der Waals surface area contributed by atoms with Gasteiger partial charge in [-0.2, -0.15) is 0 Å². The lowest BCUT2D eigenvalue weighted by atomic mass is 10.3. The molecule has 0 fully saturated rings. The van der Waals surface area contributed by atoms with Gasteiger partial charge >= 0.3 is 5.97 Å². The second-order valence-corrected chi connectivity index (χ2v) is 2.51. The van der Waals surface area contributed by atoms with Gasteiger partial charge in [0.15, 0.2) is 0 Å². The van der Waals surface area contributed by atoms with E-state index in [1.165, 1.54) is 16.8 Å². The molecule has 1 heterocycles. The lowest BCUT2D eigenvalue weighted by Crippen LogP contribution is -1.83. The SMILES string of the molecule is C#CC(=O)O.c1ccc2[nH]ccc2c1. The number of carbonyl (C=O) groups is 1. The number of hydrogen-bond donors (Lipinski definition) is 2. The number of carboxylic acid groups (broad SMARTS) is 1. The molecule has 0 spiro atoms. The second-order valence-electron chi connectivity index (χ2n) is 2.51. The summed E-state index contributed by atoms with van der Waals surface area (Å²) in [5, 5.41) is 8.76. The van der Waals surface area contributed by atoms with Crippen LogP contribution in [0.2, 0.25) is 0 Å².